The normalized spacial score (nSPS) is 11.0. The number of benzene rings is 3. The molecule has 3 aromatic carbocycles. The molecule has 0 saturated carbocycles. The summed E-state index contributed by atoms with van der Waals surface area (Å²) in [5, 5.41) is 3.02. The average Bonchev–Trinajstić information content (AvgIpc) is 2.77. The van der Waals surface area contributed by atoms with Crippen molar-refractivity contribution in [3.05, 3.63) is 70.7 Å². The number of sulfonamides is 1. The molecular weight excluding hydrogens is 480 g/mol. The first kappa shape index (κ1) is 25.2. The minimum atomic E-state index is -3.77. The van der Waals surface area contributed by atoms with E-state index < -0.39 is 15.9 Å². The highest BCUT2D eigenvalue weighted by Crippen LogP contribution is 2.35. The van der Waals surface area contributed by atoms with Crippen LogP contribution in [0.4, 0.5) is 11.4 Å². The maximum atomic E-state index is 12.7. The summed E-state index contributed by atoms with van der Waals surface area (Å²) in [6.07, 6.45) is 0. The van der Waals surface area contributed by atoms with Crippen molar-refractivity contribution < 1.29 is 27.4 Å². The van der Waals surface area contributed by atoms with Crippen molar-refractivity contribution in [1.29, 1.82) is 0 Å². The molecule has 1 amide bonds. The number of halogens is 1. The highest BCUT2D eigenvalue weighted by atomic mass is 35.5. The summed E-state index contributed by atoms with van der Waals surface area (Å²) in [6.45, 7) is 3.49. The highest BCUT2D eigenvalue weighted by Gasteiger charge is 2.16. The lowest BCUT2D eigenvalue weighted by molar-refractivity contribution is -0.118. The molecule has 34 heavy (non-hydrogen) atoms. The molecule has 0 radical (unpaired) electrons. The predicted octanol–water partition coefficient (Wildman–Crippen LogP) is 4.79. The summed E-state index contributed by atoms with van der Waals surface area (Å²) in [4.78, 5) is 12.4. The van der Waals surface area contributed by atoms with Crippen LogP contribution >= 0.6 is 11.6 Å². The van der Waals surface area contributed by atoms with Gasteiger partial charge in [0.15, 0.2) is 6.61 Å². The first-order valence-electron chi connectivity index (χ1n) is 10.2. The monoisotopic (exact) mass is 504 g/mol. The number of methoxy groups -OCH3 is 2. The van der Waals surface area contributed by atoms with Crippen LogP contribution in [0.2, 0.25) is 5.02 Å². The molecule has 0 fully saturated rings. The molecule has 8 nitrogen and oxygen atoms in total. The fourth-order valence-corrected chi connectivity index (χ4v) is 4.53. The molecule has 0 aliphatic rings. The Morgan fingerprint density at radius 1 is 0.912 bits per heavy atom. The molecule has 0 aromatic heterocycles. The molecule has 0 saturated heterocycles. The van der Waals surface area contributed by atoms with Gasteiger partial charge in [0.25, 0.3) is 15.9 Å². The van der Waals surface area contributed by atoms with Gasteiger partial charge in [-0.3, -0.25) is 9.52 Å². The third-order valence-electron chi connectivity index (χ3n) is 4.73. The number of aryl methyl sites for hydroxylation is 2. The van der Waals surface area contributed by atoms with Crippen LogP contribution in [-0.4, -0.2) is 35.2 Å². The van der Waals surface area contributed by atoms with Gasteiger partial charge in [-0.25, -0.2) is 8.42 Å². The maximum Gasteiger partial charge on any atom is 0.262 e. The van der Waals surface area contributed by atoms with E-state index in [-0.39, 0.29) is 11.5 Å². The fourth-order valence-electron chi connectivity index (χ4n) is 3.26. The number of anilines is 2. The molecule has 0 aliphatic carbocycles. The fraction of sp³-hybridized carbons (Fsp3) is 0.208. The van der Waals surface area contributed by atoms with Crippen LogP contribution in [0.25, 0.3) is 0 Å². The lowest BCUT2D eigenvalue weighted by Gasteiger charge is -2.14. The molecule has 0 unspecified atom stereocenters. The van der Waals surface area contributed by atoms with Crippen LogP contribution in [-0.2, 0) is 14.8 Å². The van der Waals surface area contributed by atoms with Crippen molar-refractivity contribution in [1.82, 2.24) is 0 Å². The maximum absolute atomic E-state index is 12.7. The second kappa shape index (κ2) is 10.7. The molecular formula is C24H25ClN2O6S. The van der Waals surface area contributed by atoms with Gasteiger partial charge in [-0.15, -0.1) is 0 Å². The third kappa shape index (κ3) is 6.33. The van der Waals surface area contributed by atoms with Crippen molar-refractivity contribution >= 4 is 38.9 Å². The third-order valence-corrected chi connectivity index (χ3v) is 6.42. The minimum absolute atomic E-state index is 0.0708. The summed E-state index contributed by atoms with van der Waals surface area (Å²) >= 11 is 6.07. The average molecular weight is 505 g/mol. The molecule has 10 heteroatoms. The van der Waals surface area contributed by atoms with Crippen LogP contribution in [0.3, 0.4) is 0 Å². The van der Waals surface area contributed by atoms with Gasteiger partial charge < -0.3 is 19.5 Å². The Balaban J connectivity index is 1.63. The lowest BCUT2D eigenvalue weighted by atomic mass is 10.1. The summed E-state index contributed by atoms with van der Waals surface area (Å²) in [5.74, 6) is 0.631. The van der Waals surface area contributed by atoms with Crippen molar-refractivity contribution in [3.8, 4) is 17.2 Å². The minimum Gasteiger partial charge on any atom is -0.495 e. The Kier molecular flexibility index (Phi) is 7.90. The van der Waals surface area contributed by atoms with Gasteiger partial charge >= 0.3 is 0 Å². The largest absolute Gasteiger partial charge is 0.495 e. The van der Waals surface area contributed by atoms with E-state index in [1.165, 1.54) is 44.6 Å². The molecule has 0 bridgehead atoms. The zero-order chi connectivity index (χ0) is 24.9. The molecule has 0 aliphatic heterocycles. The van der Waals surface area contributed by atoms with E-state index >= 15 is 0 Å². The highest BCUT2D eigenvalue weighted by molar-refractivity contribution is 7.92. The Morgan fingerprint density at radius 2 is 1.53 bits per heavy atom. The number of ether oxygens (including phenoxy) is 3. The number of nitrogens with one attached hydrogen (secondary N) is 2. The number of hydrogen-bond donors (Lipinski definition) is 2. The van der Waals surface area contributed by atoms with Gasteiger partial charge in [0.2, 0.25) is 0 Å². The van der Waals surface area contributed by atoms with Crippen LogP contribution in [0, 0.1) is 13.8 Å². The smallest absolute Gasteiger partial charge is 0.262 e. The molecule has 3 rings (SSSR count). The summed E-state index contributed by atoms with van der Waals surface area (Å²) in [5.41, 5.74) is 2.77. The van der Waals surface area contributed by atoms with E-state index in [1.807, 2.05) is 19.9 Å². The second-order valence-electron chi connectivity index (χ2n) is 7.48. The summed E-state index contributed by atoms with van der Waals surface area (Å²) in [6, 6.07) is 14.3. The molecule has 3 aromatic rings. The van der Waals surface area contributed by atoms with Gasteiger partial charge in [-0.1, -0.05) is 17.7 Å². The summed E-state index contributed by atoms with van der Waals surface area (Å²) < 4.78 is 43.8. The van der Waals surface area contributed by atoms with Gasteiger partial charge in [-0.05, 0) is 61.4 Å². The first-order chi connectivity index (χ1) is 16.1. The van der Waals surface area contributed by atoms with Crippen molar-refractivity contribution in [2.45, 2.75) is 18.7 Å². The van der Waals surface area contributed by atoms with E-state index in [9.17, 15) is 13.2 Å². The van der Waals surface area contributed by atoms with Crippen molar-refractivity contribution in [3.63, 3.8) is 0 Å². The zero-order valence-corrected chi connectivity index (χ0v) is 20.7. The van der Waals surface area contributed by atoms with E-state index in [1.54, 1.807) is 18.2 Å². The van der Waals surface area contributed by atoms with E-state index in [0.29, 0.717) is 33.6 Å². The van der Waals surface area contributed by atoms with E-state index in [0.717, 1.165) is 11.1 Å². The lowest BCUT2D eigenvalue weighted by Crippen LogP contribution is -2.20. The van der Waals surface area contributed by atoms with Crippen LogP contribution in [0.1, 0.15) is 11.1 Å². The second-order valence-corrected chi connectivity index (χ2v) is 9.57. The molecule has 0 spiro atoms. The van der Waals surface area contributed by atoms with Crippen LogP contribution in [0.5, 0.6) is 17.2 Å². The standard InChI is InChI=1S/C24H25ClN2O6S/c1-15-9-16(2)11-17(10-15)27-34(29,30)19-7-5-18(6-8-19)33-14-24(28)26-21-13-22(31-3)20(25)12-23(21)32-4/h5-13,27H,14H2,1-4H3,(H,26,28). The van der Waals surface area contributed by atoms with E-state index in [2.05, 4.69) is 10.0 Å². The molecule has 2 N–H and O–H groups in total. The quantitative estimate of drug-likeness (QED) is 0.434. The number of rotatable bonds is 9. The topological polar surface area (TPSA) is 103 Å². The number of amides is 1. The van der Waals surface area contributed by atoms with Crippen LogP contribution < -0.4 is 24.2 Å². The SMILES string of the molecule is COc1cc(NC(=O)COc2ccc(S(=O)(=O)Nc3cc(C)cc(C)c3)cc2)c(OC)cc1Cl. The van der Waals surface area contributed by atoms with Crippen LogP contribution in [0.15, 0.2) is 59.5 Å². The number of hydrogen-bond acceptors (Lipinski definition) is 6. The first-order valence-corrected chi connectivity index (χ1v) is 12.0. The molecule has 0 heterocycles. The Bertz CT molecular complexity index is 1270. The van der Waals surface area contributed by atoms with Gasteiger partial charge in [-0.2, -0.15) is 0 Å². The van der Waals surface area contributed by atoms with Gasteiger partial charge in [0, 0.05) is 17.8 Å². The molecule has 180 valence electrons. The predicted molar refractivity (Wildman–Crippen MR) is 132 cm³/mol. The van der Waals surface area contributed by atoms with E-state index in [4.69, 9.17) is 25.8 Å². The Hall–Kier alpha value is -3.43. The number of carbonyl (C=O) groups is 1. The van der Waals surface area contributed by atoms with Crippen molar-refractivity contribution in [2.24, 2.45) is 0 Å². The van der Waals surface area contributed by atoms with Gasteiger partial charge in [0.1, 0.15) is 17.2 Å². The van der Waals surface area contributed by atoms with Crippen molar-refractivity contribution in [2.75, 3.05) is 30.9 Å². The summed E-state index contributed by atoms with van der Waals surface area (Å²) in [7, 11) is -0.860. The Morgan fingerprint density at radius 3 is 2.12 bits per heavy atom. The molecule has 0 atom stereocenters. The Labute approximate surface area is 203 Å². The zero-order valence-electron chi connectivity index (χ0n) is 19.1. The van der Waals surface area contributed by atoms with Gasteiger partial charge in [0.05, 0.1) is 29.8 Å². The number of carbonyl (C=O) groups excluding carboxylic acids is 1.